The molecule has 0 amide bonds. The van der Waals surface area contributed by atoms with E-state index in [9.17, 15) is 57.9 Å². The lowest BCUT2D eigenvalue weighted by Crippen LogP contribution is -2.99. The molecule has 2 rings (SSSR count). The Balaban J connectivity index is 2.56. The molecule has 0 aliphatic heterocycles. The van der Waals surface area contributed by atoms with E-state index in [-0.39, 0.29) is 5.69 Å². The minimum atomic E-state index is -6.17. The zero-order valence-corrected chi connectivity index (χ0v) is 16.5. The van der Waals surface area contributed by atoms with Crippen molar-refractivity contribution in [2.24, 2.45) is 0 Å². The summed E-state index contributed by atoms with van der Waals surface area (Å²) in [5.41, 5.74) is -0.796. The second-order valence-electron chi connectivity index (χ2n) is 6.40. The van der Waals surface area contributed by atoms with Crippen LogP contribution < -0.4 is 20.0 Å². The highest BCUT2D eigenvalue weighted by Crippen LogP contribution is 2.38. The molecular formula is C15H9F12N5O4. The number of ether oxygens (including phenoxy) is 2. The van der Waals surface area contributed by atoms with Crippen LogP contribution in [0.4, 0.5) is 70.0 Å². The van der Waals surface area contributed by atoms with Crippen molar-refractivity contribution in [1.82, 2.24) is 15.0 Å². The van der Waals surface area contributed by atoms with Gasteiger partial charge in [0.05, 0.1) is 0 Å². The third kappa shape index (κ3) is 7.84. The Hall–Kier alpha value is -3.33. The molecule has 0 radical (unpaired) electrons. The van der Waals surface area contributed by atoms with Crippen molar-refractivity contribution in [2.75, 3.05) is 5.32 Å². The van der Waals surface area contributed by atoms with Crippen molar-refractivity contribution >= 4 is 17.3 Å². The molecule has 0 aliphatic carbocycles. The highest BCUT2D eigenvalue weighted by Gasteiger charge is 2.61. The summed E-state index contributed by atoms with van der Waals surface area (Å²) in [5, 5.41) is 20.4. The number of halogens is 12. The molecule has 1 heterocycles. The summed E-state index contributed by atoms with van der Waals surface area (Å²) in [4.78, 5) is 8.47. The first-order valence-electron chi connectivity index (χ1n) is 8.64. The summed E-state index contributed by atoms with van der Waals surface area (Å²) >= 11 is 0. The first-order chi connectivity index (χ1) is 16.2. The molecule has 0 saturated heterocycles. The topological polar surface area (TPSA) is 117 Å². The summed E-state index contributed by atoms with van der Waals surface area (Å²) in [7, 11) is 0. The van der Waals surface area contributed by atoms with Gasteiger partial charge in [0, 0.05) is 17.8 Å². The van der Waals surface area contributed by atoms with Gasteiger partial charge in [0.15, 0.2) is 5.69 Å². The Bertz CT molecular complexity index is 961. The third-order valence-electron chi connectivity index (χ3n) is 3.60. The molecule has 0 fully saturated rings. The summed E-state index contributed by atoms with van der Waals surface area (Å²) in [6, 6.07) is -0.137. The number of benzene rings is 1. The van der Waals surface area contributed by atoms with Gasteiger partial charge in [0.2, 0.25) is 5.95 Å². The smallest absolute Gasteiger partial charge is 0.434 e. The normalized spacial score (nSPS) is 14.2. The van der Waals surface area contributed by atoms with E-state index in [0.717, 1.165) is 24.3 Å². The number of quaternary nitrogens is 1. The van der Waals surface area contributed by atoms with Crippen molar-refractivity contribution in [2.45, 2.75) is 36.9 Å². The van der Waals surface area contributed by atoms with Crippen molar-refractivity contribution in [1.29, 1.82) is 0 Å². The number of nitrogens with zero attached hydrogens (tertiary/aromatic N) is 3. The number of alkyl halides is 12. The van der Waals surface area contributed by atoms with E-state index >= 15 is 0 Å². The Morgan fingerprint density at radius 3 is 1.53 bits per heavy atom. The maximum atomic E-state index is 12.8. The van der Waals surface area contributed by atoms with Crippen molar-refractivity contribution in [3.05, 3.63) is 29.5 Å². The molecule has 3 N–H and O–H groups in total. The largest absolute Gasteiger partial charge is 0.595 e. The number of hydrogen-bond donors (Lipinski definition) is 3. The van der Waals surface area contributed by atoms with Crippen LogP contribution in [0.3, 0.4) is 0 Å². The molecule has 0 bridgehead atoms. The number of nitrogens with one attached hydrogen (secondary N) is 2. The third-order valence-corrected chi connectivity index (χ3v) is 3.60. The Morgan fingerprint density at radius 2 is 1.17 bits per heavy atom. The van der Waals surface area contributed by atoms with Crippen LogP contribution in [0.1, 0.15) is 0 Å². The maximum absolute atomic E-state index is 12.8. The lowest BCUT2D eigenvalue weighted by Gasteiger charge is -2.24. The van der Waals surface area contributed by atoms with Gasteiger partial charge in [-0.15, -0.1) is 4.98 Å². The van der Waals surface area contributed by atoms with Crippen LogP contribution in [0.25, 0.3) is 0 Å². The summed E-state index contributed by atoms with van der Waals surface area (Å²) in [6.45, 7) is 0. The minimum Gasteiger partial charge on any atom is -0.595 e. The van der Waals surface area contributed by atoms with E-state index < -0.39 is 65.8 Å². The second kappa shape index (κ2) is 9.97. The van der Waals surface area contributed by atoms with Gasteiger partial charge in [-0.3, -0.25) is 0 Å². The van der Waals surface area contributed by atoms with Gasteiger partial charge in [-0.25, -0.2) is 5.21 Å². The predicted molar refractivity (Wildman–Crippen MR) is 88.4 cm³/mol. The Morgan fingerprint density at radius 1 is 0.750 bits per heavy atom. The molecule has 0 aliphatic rings. The van der Waals surface area contributed by atoms with Gasteiger partial charge in [0.1, 0.15) is 0 Å². The van der Waals surface area contributed by atoms with Crippen molar-refractivity contribution in [3.63, 3.8) is 0 Å². The molecule has 1 aromatic carbocycles. The predicted octanol–water partition coefficient (Wildman–Crippen LogP) is 3.76. The van der Waals surface area contributed by atoms with Gasteiger partial charge < -0.3 is 20.0 Å². The first kappa shape index (κ1) is 28.9. The van der Waals surface area contributed by atoms with E-state index in [0.29, 0.717) is 0 Å². The molecule has 9 nitrogen and oxygen atoms in total. The Kier molecular flexibility index (Phi) is 8.00. The first-order valence-corrected chi connectivity index (χ1v) is 8.64. The number of aromatic nitrogens is 3. The highest BCUT2D eigenvalue weighted by atomic mass is 19.4. The monoisotopic (exact) mass is 551 g/mol. The maximum Gasteiger partial charge on any atom is 0.434 e. The second-order valence-corrected chi connectivity index (χ2v) is 6.40. The molecule has 0 spiro atoms. The summed E-state index contributed by atoms with van der Waals surface area (Å²) in [6.07, 6.45) is -34.0. The lowest BCUT2D eigenvalue weighted by molar-refractivity contribution is -0.991. The molecule has 0 saturated carbocycles. The van der Waals surface area contributed by atoms with Crippen LogP contribution in [0, 0.1) is 5.21 Å². The van der Waals surface area contributed by atoms with Gasteiger partial charge in [-0.2, -0.15) is 67.9 Å². The average Bonchev–Trinajstić information content (AvgIpc) is 2.67. The van der Waals surface area contributed by atoms with Crippen LogP contribution in [-0.4, -0.2) is 57.1 Å². The minimum absolute atomic E-state index is 0.357. The number of hydrogen-bond acceptors (Lipinski definition) is 8. The molecule has 36 heavy (non-hydrogen) atoms. The van der Waals surface area contributed by atoms with Gasteiger partial charge in [-0.1, -0.05) is 6.07 Å². The van der Waals surface area contributed by atoms with E-state index in [1.54, 1.807) is 0 Å². The summed E-state index contributed by atoms with van der Waals surface area (Å²) in [5.74, 6) is -1.26. The van der Waals surface area contributed by atoms with Gasteiger partial charge in [-0.05, 0) is 6.07 Å². The van der Waals surface area contributed by atoms with Crippen LogP contribution in [0.2, 0.25) is 0 Å². The fraction of sp³-hybridized carbons (Fsp3) is 0.400. The van der Waals surface area contributed by atoms with E-state index in [1.165, 1.54) is 0 Å². The van der Waals surface area contributed by atoms with E-state index in [1.807, 2.05) is 5.32 Å². The SMILES string of the molecule is [O-][NH+](O)c1cccc(Nc2nc(OC(C(F)(F)F)C(F)(F)F)nc(OC(C(F)(F)F)C(F)(F)F)n2)c1. The van der Waals surface area contributed by atoms with Crippen molar-refractivity contribution < 1.29 is 72.6 Å². The molecule has 202 valence electrons. The highest BCUT2D eigenvalue weighted by molar-refractivity contribution is 5.57. The molecule has 1 unspecified atom stereocenters. The summed E-state index contributed by atoms with van der Waals surface area (Å²) < 4.78 is 160. The zero-order chi connectivity index (χ0) is 27.7. The number of rotatable bonds is 7. The average molecular weight is 551 g/mol. The van der Waals surface area contributed by atoms with Gasteiger partial charge in [0.25, 0.3) is 12.2 Å². The van der Waals surface area contributed by atoms with Crippen LogP contribution in [0.5, 0.6) is 12.0 Å². The van der Waals surface area contributed by atoms with Crippen molar-refractivity contribution in [3.8, 4) is 12.0 Å². The standard InChI is InChI=1S/C15H9F12N5O4/c16-12(17,18)7(13(19,20)21)35-10-29-9(28-5-2-1-3-6(4-5)32(33)34)30-11(31-10)36-8(14(22,23)24)15(25,26)27/h1-4,7-8,32-33H,(H,28,29,30,31). The zero-order valence-electron chi connectivity index (χ0n) is 16.5. The van der Waals surface area contributed by atoms with Crippen LogP contribution >= 0.6 is 0 Å². The quantitative estimate of drug-likeness (QED) is 0.352. The van der Waals surface area contributed by atoms with E-state index in [4.69, 9.17) is 5.21 Å². The molecule has 1 atom stereocenters. The number of anilines is 2. The van der Waals surface area contributed by atoms with Crippen LogP contribution in [0.15, 0.2) is 24.3 Å². The molecular weight excluding hydrogens is 542 g/mol. The fourth-order valence-electron chi connectivity index (χ4n) is 2.21. The molecule has 21 heteroatoms. The lowest BCUT2D eigenvalue weighted by atomic mass is 10.3. The van der Waals surface area contributed by atoms with Crippen LogP contribution in [-0.2, 0) is 0 Å². The fourth-order valence-corrected chi connectivity index (χ4v) is 2.21. The Labute approximate surface area is 189 Å². The molecule has 2 aromatic rings. The van der Waals surface area contributed by atoms with Gasteiger partial charge >= 0.3 is 36.7 Å². The molecule has 1 aromatic heterocycles. The van der Waals surface area contributed by atoms with E-state index in [2.05, 4.69) is 24.4 Å².